The number of hydrogen-bond acceptors (Lipinski definition) is 4. The predicted molar refractivity (Wildman–Crippen MR) is 152 cm³/mol. The predicted octanol–water partition coefficient (Wildman–Crippen LogP) is 8.24. The van der Waals surface area contributed by atoms with Crippen LogP contribution in [0.1, 0.15) is 115 Å². The Morgan fingerprint density at radius 1 is 0.595 bits per heavy atom. The van der Waals surface area contributed by atoms with Crippen LogP contribution in [0, 0.1) is 0 Å². The van der Waals surface area contributed by atoms with E-state index in [1.807, 2.05) is 0 Å². The molecule has 0 saturated carbocycles. The average molecular weight is 509 g/mol. The second-order valence-electron chi connectivity index (χ2n) is 12.2. The second kappa shape index (κ2) is 10.9. The molecule has 2 aromatic rings. The fourth-order valence-corrected chi connectivity index (χ4v) is 6.70. The molecule has 0 saturated heterocycles. The van der Waals surface area contributed by atoms with Crippen molar-refractivity contribution in [1.29, 1.82) is 0 Å². The summed E-state index contributed by atoms with van der Waals surface area (Å²) in [5.74, 6) is 2.75. The highest BCUT2D eigenvalue weighted by atomic mass is 16.5. The van der Waals surface area contributed by atoms with E-state index < -0.39 is 0 Å². The van der Waals surface area contributed by atoms with Crippen molar-refractivity contribution in [3.63, 3.8) is 0 Å². The van der Waals surface area contributed by atoms with E-state index in [4.69, 9.17) is 18.9 Å². The van der Waals surface area contributed by atoms with Crippen molar-refractivity contribution in [1.82, 2.24) is 0 Å². The van der Waals surface area contributed by atoms with Crippen molar-refractivity contribution in [3.8, 4) is 17.2 Å². The number of rotatable bonds is 12. The molecule has 4 rings (SSSR count). The van der Waals surface area contributed by atoms with E-state index >= 15 is 0 Å². The lowest BCUT2D eigenvalue weighted by molar-refractivity contribution is 0.131. The van der Waals surface area contributed by atoms with Crippen LogP contribution in [0.2, 0.25) is 0 Å². The zero-order valence-corrected chi connectivity index (χ0v) is 24.5. The monoisotopic (exact) mass is 508 g/mol. The minimum Gasteiger partial charge on any atom is -0.493 e. The smallest absolute Gasteiger partial charge is 0.161 e. The Labute approximate surface area is 225 Å². The van der Waals surface area contributed by atoms with E-state index in [0.29, 0.717) is 26.4 Å². The first kappa shape index (κ1) is 27.8. The van der Waals surface area contributed by atoms with Gasteiger partial charge in [-0.3, -0.25) is 0 Å². The minimum atomic E-state index is -0.0739. The van der Waals surface area contributed by atoms with Gasteiger partial charge in [-0.25, -0.2) is 0 Å². The third kappa shape index (κ3) is 5.11. The number of benzene rings is 2. The summed E-state index contributed by atoms with van der Waals surface area (Å²) < 4.78 is 24.7. The molecule has 1 unspecified atom stereocenters. The highest BCUT2D eigenvalue weighted by Gasteiger charge is 2.57. The Morgan fingerprint density at radius 2 is 1.03 bits per heavy atom. The molecule has 0 radical (unpaired) electrons. The molecule has 0 fully saturated rings. The topological polar surface area (TPSA) is 36.9 Å². The van der Waals surface area contributed by atoms with Crippen molar-refractivity contribution in [2.45, 2.75) is 110 Å². The van der Waals surface area contributed by atoms with Crippen molar-refractivity contribution in [3.05, 3.63) is 52.1 Å². The molecule has 37 heavy (non-hydrogen) atoms. The number of ether oxygens (including phenoxy) is 4. The van der Waals surface area contributed by atoms with Crippen LogP contribution >= 0.6 is 0 Å². The van der Waals surface area contributed by atoms with E-state index in [-0.39, 0.29) is 16.2 Å². The first-order chi connectivity index (χ1) is 17.6. The standard InChI is InChI=1S/C33H48O4/c1-9-13-35-28-17-24-26(16-23(28)20-34-12-4)33(21-31(24,5)6)22-32(7,8)25-18-29(36-14-10-2)30(19-27(25)33)37-15-11-3/h16-19H,9-15,20-22H2,1-8H3. The molecule has 0 aliphatic heterocycles. The van der Waals surface area contributed by atoms with Gasteiger partial charge in [0.25, 0.3) is 0 Å². The number of hydrogen-bond donors (Lipinski definition) is 0. The first-order valence-corrected chi connectivity index (χ1v) is 14.5. The van der Waals surface area contributed by atoms with E-state index in [2.05, 4.69) is 79.7 Å². The van der Waals surface area contributed by atoms with Crippen LogP contribution in [0.5, 0.6) is 17.2 Å². The van der Waals surface area contributed by atoms with Crippen molar-refractivity contribution in [2.75, 3.05) is 26.4 Å². The van der Waals surface area contributed by atoms with Crippen LogP contribution in [0.15, 0.2) is 24.3 Å². The normalized spacial score (nSPS) is 20.6. The zero-order chi connectivity index (χ0) is 26.8. The van der Waals surface area contributed by atoms with Gasteiger partial charge in [0.1, 0.15) is 5.75 Å². The molecule has 1 spiro atoms. The summed E-state index contributed by atoms with van der Waals surface area (Å²) in [6, 6.07) is 9.34. The Hall–Kier alpha value is -2.20. The van der Waals surface area contributed by atoms with Gasteiger partial charge in [0.05, 0.1) is 26.4 Å². The molecule has 0 aromatic heterocycles. The highest BCUT2D eigenvalue weighted by molar-refractivity contribution is 5.65. The molecule has 2 aliphatic rings. The first-order valence-electron chi connectivity index (χ1n) is 14.5. The average Bonchev–Trinajstić information content (AvgIpc) is 3.21. The van der Waals surface area contributed by atoms with Crippen LogP contribution in [-0.2, 0) is 27.6 Å². The van der Waals surface area contributed by atoms with Crippen LogP contribution < -0.4 is 14.2 Å². The van der Waals surface area contributed by atoms with Gasteiger partial charge < -0.3 is 18.9 Å². The van der Waals surface area contributed by atoms with Crippen LogP contribution in [0.3, 0.4) is 0 Å². The van der Waals surface area contributed by atoms with Gasteiger partial charge in [0, 0.05) is 17.6 Å². The third-order valence-corrected chi connectivity index (χ3v) is 8.11. The maximum absolute atomic E-state index is 6.29. The molecule has 0 N–H and O–H groups in total. The fourth-order valence-electron chi connectivity index (χ4n) is 6.70. The summed E-state index contributed by atoms with van der Waals surface area (Å²) >= 11 is 0. The molecular weight excluding hydrogens is 460 g/mol. The summed E-state index contributed by atoms with van der Waals surface area (Å²) in [7, 11) is 0. The highest BCUT2D eigenvalue weighted by Crippen LogP contribution is 2.64. The molecule has 204 valence electrons. The quantitative estimate of drug-likeness (QED) is 0.289. The lowest BCUT2D eigenvalue weighted by Gasteiger charge is -2.31. The maximum atomic E-state index is 6.29. The summed E-state index contributed by atoms with van der Waals surface area (Å²) in [6.45, 7) is 21.4. The molecule has 1 atom stereocenters. The summed E-state index contributed by atoms with van der Waals surface area (Å²) in [6.07, 6.45) is 5.07. The third-order valence-electron chi connectivity index (χ3n) is 8.11. The molecule has 2 aromatic carbocycles. The van der Waals surface area contributed by atoms with Gasteiger partial charge in [0.15, 0.2) is 11.5 Å². The van der Waals surface area contributed by atoms with Gasteiger partial charge >= 0.3 is 0 Å². The second-order valence-corrected chi connectivity index (χ2v) is 12.2. The van der Waals surface area contributed by atoms with Crippen LogP contribution in [-0.4, -0.2) is 26.4 Å². The van der Waals surface area contributed by atoms with Crippen LogP contribution in [0.4, 0.5) is 0 Å². The lowest BCUT2D eigenvalue weighted by Crippen LogP contribution is -2.27. The van der Waals surface area contributed by atoms with Crippen molar-refractivity contribution in [2.24, 2.45) is 0 Å². The Balaban J connectivity index is 1.92. The SMILES string of the molecule is CCCOc1cc2c(cc1COCC)C1(CC2(C)C)CC(C)(C)c2cc(OCCC)c(OCCC)cc21. The zero-order valence-electron chi connectivity index (χ0n) is 24.5. The largest absolute Gasteiger partial charge is 0.493 e. The van der Waals surface area contributed by atoms with E-state index in [0.717, 1.165) is 61.5 Å². The van der Waals surface area contributed by atoms with Gasteiger partial charge in [-0.05, 0) is 96.4 Å². The molecule has 0 heterocycles. The minimum absolute atomic E-state index is 0.0259. The lowest BCUT2D eigenvalue weighted by atomic mass is 9.72. The Kier molecular flexibility index (Phi) is 8.19. The maximum Gasteiger partial charge on any atom is 0.161 e. The summed E-state index contributed by atoms with van der Waals surface area (Å²) in [5, 5.41) is 0. The molecule has 0 bridgehead atoms. The van der Waals surface area contributed by atoms with Crippen molar-refractivity contribution < 1.29 is 18.9 Å². The summed E-state index contributed by atoms with van der Waals surface area (Å²) in [4.78, 5) is 0. The molecule has 0 amide bonds. The fraction of sp³-hybridized carbons (Fsp3) is 0.636. The van der Waals surface area contributed by atoms with Crippen LogP contribution in [0.25, 0.3) is 0 Å². The van der Waals surface area contributed by atoms with E-state index in [1.54, 1.807) is 0 Å². The van der Waals surface area contributed by atoms with Gasteiger partial charge in [-0.1, -0.05) is 48.5 Å². The Morgan fingerprint density at radius 3 is 1.51 bits per heavy atom. The van der Waals surface area contributed by atoms with E-state index in [9.17, 15) is 0 Å². The molecule has 2 aliphatic carbocycles. The summed E-state index contributed by atoms with van der Waals surface area (Å²) in [5.41, 5.74) is 6.78. The molecule has 4 heteroatoms. The molecular formula is C33H48O4. The number of fused-ring (bicyclic) bond motifs is 4. The van der Waals surface area contributed by atoms with Gasteiger partial charge in [-0.15, -0.1) is 0 Å². The van der Waals surface area contributed by atoms with E-state index in [1.165, 1.54) is 22.3 Å². The molecule has 4 nitrogen and oxygen atoms in total. The Bertz CT molecular complexity index is 1010. The van der Waals surface area contributed by atoms with Gasteiger partial charge in [0.2, 0.25) is 0 Å². The van der Waals surface area contributed by atoms with Crippen molar-refractivity contribution >= 4 is 0 Å². The van der Waals surface area contributed by atoms with Gasteiger partial charge in [-0.2, -0.15) is 0 Å².